The molecular weight excluding hydrogens is 440 g/mol. The van der Waals surface area contributed by atoms with E-state index >= 15 is 0 Å². The fraction of sp³-hybridized carbons (Fsp3) is 0.407. The minimum atomic E-state index is -0.892. The molecule has 3 heterocycles. The van der Waals surface area contributed by atoms with Gasteiger partial charge < -0.3 is 14.6 Å². The van der Waals surface area contributed by atoms with Crippen molar-refractivity contribution >= 4 is 17.4 Å². The first kappa shape index (κ1) is 25.9. The van der Waals surface area contributed by atoms with Crippen molar-refractivity contribution < 1.29 is 9.53 Å². The fourth-order valence-corrected chi connectivity index (χ4v) is 3.75. The molecule has 0 spiro atoms. The molecule has 0 amide bonds. The molecule has 1 N–H and O–H groups in total. The number of benzene rings is 1. The summed E-state index contributed by atoms with van der Waals surface area (Å²) in [6.45, 7) is 14.3. The van der Waals surface area contributed by atoms with Crippen molar-refractivity contribution in [2.75, 3.05) is 11.9 Å². The molecule has 0 bridgehead atoms. The summed E-state index contributed by atoms with van der Waals surface area (Å²) in [4.78, 5) is 21.9. The van der Waals surface area contributed by atoms with Crippen molar-refractivity contribution in [2.45, 2.75) is 60.4 Å². The summed E-state index contributed by atoms with van der Waals surface area (Å²) in [6, 6.07) is 10.2. The predicted molar refractivity (Wildman–Crippen MR) is 139 cm³/mol. The van der Waals surface area contributed by atoms with Crippen LogP contribution in [0.3, 0.4) is 0 Å². The molecule has 0 aliphatic rings. The van der Waals surface area contributed by atoms with Crippen LogP contribution in [0.2, 0.25) is 0 Å². The van der Waals surface area contributed by atoms with E-state index in [-0.39, 0.29) is 5.97 Å². The van der Waals surface area contributed by atoms with Crippen molar-refractivity contribution in [1.29, 1.82) is 0 Å². The van der Waals surface area contributed by atoms with E-state index in [4.69, 9.17) is 9.72 Å². The maximum absolute atomic E-state index is 12.6. The number of anilines is 1. The molecular formula is C27H36N6O2. The number of carbonyl (C=O) groups is 1. The van der Waals surface area contributed by atoms with E-state index in [2.05, 4.69) is 33.6 Å². The minimum Gasteiger partial charge on any atom is -0.465 e. The third-order valence-electron chi connectivity index (χ3n) is 5.96. The molecule has 0 unspecified atom stereocenters. The minimum absolute atomic E-state index is 0.301. The van der Waals surface area contributed by atoms with Gasteiger partial charge >= 0.3 is 5.97 Å². The quantitative estimate of drug-likeness (QED) is 0.368. The summed E-state index contributed by atoms with van der Waals surface area (Å²) in [5, 5.41) is 8.16. The Labute approximate surface area is 207 Å². The first-order valence-corrected chi connectivity index (χ1v) is 12.1. The van der Waals surface area contributed by atoms with Gasteiger partial charge in [-0.3, -0.25) is 4.79 Å². The topological polar surface area (TPSA) is 86.3 Å². The number of nitrogens with one attached hydrogen (secondary N) is 1. The van der Waals surface area contributed by atoms with Crippen LogP contribution in [0.5, 0.6) is 0 Å². The average molecular weight is 477 g/mol. The number of esters is 1. The van der Waals surface area contributed by atoms with Crippen LogP contribution < -0.4 is 5.32 Å². The molecule has 0 atom stereocenters. The van der Waals surface area contributed by atoms with Crippen LogP contribution in [0.4, 0.5) is 5.82 Å². The van der Waals surface area contributed by atoms with Crippen LogP contribution in [0.15, 0.2) is 42.7 Å². The molecule has 0 saturated carbocycles. The summed E-state index contributed by atoms with van der Waals surface area (Å²) in [5.74, 6) is 1.38. The molecule has 35 heavy (non-hydrogen) atoms. The van der Waals surface area contributed by atoms with Gasteiger partial charge in [-0.25, -0.2) is 9.97 Å². The molecule has 0 fully saturated rings. The van der Waals surface area contributed by atoms with Gasteiger partial charge in [-0.2, -0.15) is 9.61 Å². The van der Waals surface area contributed by atoms with Gasteiger partial charge in [-0.15, -0.1) is 0 Å². The van der Waals surface area contributed by atoms with E-state index in [1.54, 1.807) is 17.6 Å². The van der Waals surface area contributed by atoms with Crippen LogP contribution in [-0.2, 0) is 28.5 Å². The lowest BCUT2D eigenvalue weighted by Gasteiger charge is -2.23. The lowest BCUT2D eigenvalue weighted by atomic mass is 9.89. The van der Waals surface area contributed by atoms with Gasteiger partial charge in [0.05, 0.1) is 18.0 Å². The molecule has 0 radical (unpaired) electrons. The number of carbonyl (C=O) groups excluding carboxylic acids is 1. The Morgan fingerprint density at radius 2 is 1.91 bits per heavy atom. The lowest BCUT2D eigenvalue weighted by molar-refractivity contribution is -0.148. The molecule has 0 saturated heterocycles. The zero-order chi connectivity index (χ0) is 25.8. The maximum atomic E-state index is 12.6. The first-order chi connectivity index (χ1) is 16.7. The number of nitrogens with zero attached hydrogens (tertiary/aromatic N) is 5. The average Bonchev–Trinajstić information content (AvgIpc) is 3.41. The second-order valence-electron chi connectivity index (χ2n) is 8.73. The Kier molecular flexibility index (Phi) is 7.94. The van der Waals surface area contributed by atoms with E-state index in [1.807, 2.05) is 71.5 Å². The number of aromatic nitrogens is 5. The Hall–Kier alpha value is -3.68. The summed E-state index contributed by atoms with van der Waals surface area (Å²) in [7, 11) is 1.98. The van der Waals surface area contributed by atoms with Crippen LogP contribution >= 0.6 is 0 Å². The number of rotatable bonds is 7. The van der Waals surface area contributed by atoms with Crippen molar-refractivity contribution in [3.05, 3.63) is 65.2 Å². The highest BCUT2D eigenvalue weighted by Crippen LogP contribution is 2.28. The second-order valence-corrected chi connectivity index (χ2v) is 8.73. The number of fused-ring (bicyclic) bond motifs is 1. The number of aryl methyl sites for hydroxylation is 3. The van der Waals surface area contributed by atoms with Gasteiger partial charge in [-0.05, 0) is 46.2 Å². The first-order valence-electron chi connectivity index (χ1n) is 12.1. The summed E-state index contributed by atoms with van der Waals surface area (Å²) in [6.07, 6.45) is 3.73. The van der Waals surface area contributed by atoms with E-state index in [1.165, 1.54) is 0 Å². The van der Waals surface area contributed by atoms with Crippen LogP contribution in [0.1, 0.15) is 57.1 Å². The van der Waals surface area contributed by atoms with Gasteiger partial charge in [0.1, 0.15) is 17.1 Å². The number of hydrogen-bond donors (Lipinski definition) is 1. The van der Waals surface area contributed by atoms with Crippen molar-refractivity contribution in [1.82, 2.24) is 24.1 Å². The van der Waals surface area contributed by atoms with Crippen molar-refractivity contribution in [3.8, 4) is 11.4 Å². The molecule has 0 aliphatic heterocycles. The molecule has 3 aromatic heterocycles. The molecule has 186 valence electrons. The number of ether oxygens (including phenoxy) is 1. The third-order valence-corrected chi connectivity index (χ3v) is 5.96. The largest absolute Gasteiger partial charge is 0.465 e. The summed E-state index contributed by atoms with van der Waals surface area (Å²) < 4.78 is 9.11. The highest BCUT2D eigenvalue weighted by atomic mass is 16.5. The van der Waals surface area contributed by atoms with Gasteiger partial charge in [0, 0.05) is 43.2 Å². The summed E-state index contributed by atoms with van der Waals surface area (Å²) in [5.41, 5.74) is 4.51. The Bertz CT molecular complexity index is 1320. The van der Waals surface area contributed by atoms with Gasteiger partial charge in [0.25, 0.3) is 0 Å². The SMILES string of the molecule is CC.CCOC(=O)C(C)(C)c1cc(NCc2cccc(-c3nccn3C)c2)n2nc(C)c(C)c2n1. The van der Waals surface area contributed by atoms with Crippen LogP contribution in [0.25, 0.3) is 17.0 Å². The van der Waals surface area contributed by atoms with E-state index in [0.717, 1.165) is 39.7 Å². The molecule has 4 aromatic rings. The number of imidazole rings is 1. The highest BCUT2D eigenvalue weighted by Gasteiger charge is 2.34. The van der Waals surface area contributed by atoms with Gasteiger partial charge in [-0.1, -0.05) is 32.0 Å². The van der Waals surface area contributed by atoms with E-state index < -0.39 is 5.41 Å². The monoisotopic (exact) mass is 476 g/mol. The Morgan fingerprint density at radius 3 is 2.57 bits per heavy atom. The zero-order valence-corrected chi connectivity index (χ0v) is 22.0. The fourth-order valence-electron chi connectivity index (χ4n) is 3.75. The number of hydrogen-bond acceptors (Lipinski definition) is 6. The van der Waals surface area contributed by atoms with Crippen molar-refractivity contribution in [3.63, 3.8) is 0 Å². The van der Waals surface area contributed by atoms with Crippen LogP contribution in [0, 0.1) is 13.8 Å². The predicted octanol–water partition coefficient (Wildman–Crippen LogP) is 5.23. The van der Waals surface area contributed by atoms with E-state index in [0.29, 0.717) is 18.8 Å². The van der Waals surface area contributed by atoms with Gasteiger partial charge in [0.15, 0.2) is 5.65 Å². The third kappa shape index (κ3) is 5.21. The molecule has 0 aliphatic carbocycles. The molecule has 4 rings (SSSR count). The van der Waals surface area contributed by atoms with E-state index in [9.17, 15) is 4.79 Å². The zero-order valence-electron chi connectivity index (χ0n) is 22.0. The lowest BCUT2D eigenvalue weighted by Crippen LogP contribution is -2.32. The van der Waals surface area contributed by atoms with Crippen molar-refractivity contribution in [2.24, 2.45) is 7.05 Å². The standard InChI is InChI=1S/C25H30N6O2.C2H6/c1-7-33-24(32)25(4,5)20-14-21(31-22(28-20)16(2)17(3)29-31)27-15-18-9-8-10-19(13-18)23-26-11-12-30(23)6;1-2/h8-14,27H,7,15H2,1-6H3;1-2H3. The second kappa shape index (κ2) is 10.7. The normalized spacial score (nSPS) is 11.2. The molecule has 8 heteroatoms. The van der Waals surface area contributed by atoms with Crippen LogP contribution in [-0.4, -0.2) is 36.7 Å². The summed E-state index contributed by atoms with van der Waals surface area (Å²) >= 11 is 0. The maximum Gasteiger partial charge on any atom is 0.317 e. The highest BCUT2D eigenvalue weighted by molar-refractivity contribution is 5.82. The van der Waals surface area contributed by atoms with Gasteiger partial charge in [0.2, 0.25) is 0 Å². The smallest absolute Gasteiger partial charge is 0.317 e. The molecule has 8 nitrogen and oxygen atoms in total. The Balaban J connectivity index is 0.00000167. The Morgan fingerprint density at radius 1 is 1.17 bits per heavy atom. The molecule has 1 aromatic carbocycles.